The zero-order chi connectivity index (χ0) is 12.3. The first-order valence-electron chi connectivity index (χ1n) is 6.18. The Morgan fingerprint density at radius 2 is 2.24 bits per heavy atom. The largest absolute Gasteiger partial charge is 0.380 e. The van der Waals surface area contributed by atoms with Crippen molar-refractivity contribution in [2.75, 3.05) is 30.1 Å². The Morgan fingerprint density at radius 1 is 1.41 bits per heavy atom. The van der Waals surface area contributed by atoms with E-state index >= 15 is 0 Å². The molecule has 1 saturated heterocycles. The van der Waals surface area contributed by atoms with Gasteiger partial charge in [0.1, 0.15) is 5.82 Å². The summed E-state index contributed by atoms with van der Waals surface area (Å²) in [6.45, 7) is 2.31. The molecule has 17 heavy (non-hydrogen) atoms. The van der Waals surface area contributed by atoms with Gasteiger partial charge in [0.05, 0.1) is 11.9 Å². The first-order chi connectivity index (χ1) is 8.16. The number of nitrogens with one attached hydrogen (secondary N) is 1. The van der Waals surface area contributed by atoms with Gasteiger partial charge in [-0.25, -0.2) is 4.98 Å². The van der Waals surface area contributed by atoms with E-state index in [9.17, 15) is 0 Å². The number of nitrogens with zero attached hydrogens (tertiary/aromatic N) is 2. The Kier molecular flexibility index (Phi) is 4.15. The molecule has 2 unspecified atom stereocenters. The fraction of sp³-hybridized carbons (Fsp3) is 0.615. The quantitative estimate of drug-likeness (QED) is 0.894. The van der Waals surface area contributed by atoms with Gasteiger partial charge in [0.2, 0.25) is 0 Å². The van der Waals surface area contributed by atoms with Gasteiger partial charge < -0.3 is 10.2 Å². The summed E-state index contributed by atoms with van der Waals surface area (Å²) >= 11 is 2.06. The normalized spacial score (nSPS) is 24.4. The first kappa shape index (κ1) is 12.6. The minimum atomic E-state index is 0.584. The second kappa shape index (κ2) is 5.63. The van der Waals surface area contributed by atoms with E-state index in [4.69, 9.17) is 0 Å². The predicted octanol–water partition coefficient (Wildman–Crippen LogP) is 2.84. The molecule has 1 aliphatic rings. The van der Waals surface area contributed by atoms with Crippen LogP contribution in [-0.4, -0.2) is 36.1 Å². The Balaban J connectivity index is 1.98. The van der Waals surface area contributed by atoms with Crippen molar-refractivity contribution in [2.24, 2.45) is 0 Å². The monoisotopic (exact) mass is 251 g/mol. The Bertz CT molecular complexity index is 350. The third kappa shape index (κ3) is 3.28. The van der Waals surface area contributed by atoms with Crippen LogP contribution in [0.5, 0.6) is 0 Å². The second-order valence-corrected chi connectivity index (χ2v) is 6.25. The van der Waals surface area contributed by atoms with Crippen molar-refractivity contribution in [3.63, 3.8) is 0 Å². The van der Waals surface area contributed by atoms with Gasteiger partial charge in [0, 0.05) is 25.4 Å². The van der Waals surface area contributed by atoms with Gasteiger partial charge in [-0.3, -0.25) is 0 Å². The number of anilines is 2. The summed E-state index contributed by atoms with van der Waals surface area (Å²) < 4.78 is 0. The van der Waals surface area contributed by atoms with Crippen molar-refractivity contribution < 1.29 is 0 Å². The van der Waals surface area contributed by atoms with Gasteiger partial charge in [0.15, 0.2) is 0 Å². The fourth-order valence-electron chi connectivity index (χ4n) is 2.06. The molecule has 0 aliphatic carbocycles. The number of pyridine rings is 1. The van der Waals surface area contributed by atoms with Crippen molar-refractivity contribution in [1.82, 2.24) is 4.98 Å². The minimum Gasteiger partial charge on any atom is -0.380 e. The molecule has 2 heterocycles. The van der Waals surface area contributed by atoms with E-state index in [1.807, 2.05) is 25.2 Å². The number of hydrogen-bond acceptors (Lipinski definition) is 4. The molecular weight excluding hydrogens is 230 g/mol. The van der Waals surface area contributed by atoms with E-state index in [0.717, 1.165) is 11.5 Å². The molecule has 2 atom stereocenters. The smallest absolute Gasteiger partial charge is 0.128 e. The molecule has 1 aromatic heterocycles. The van der Waals surface area contributed by atoms with E-state index in [2.05, 4.69) is 41.1 Å². The maximum atomic E-state index is 4.43. The number of hydrogen-bond donors (Lipinski definition) is 1. The molecule has 1 fully saturated rings. The van der Waals surface area contributed by atoms with Crippen LogP contribution in [0.1, 0.15) is 19.8 Å². The van der Waals surface area contributed by atoms with Crippen LogP contribution in [0.25, 0.3) is 0 Å². The zero-order valence-corrected chi connectivity index (χ0v) is 11.6. The lowest BCUT2D eigenvalue weighted by Gasteiger charge is -2.29. The lowest BCUT2D eigenvalue weighted by molar-refractivity contribution is 0.617. The summed E-state index contributed by atoms with van der Waals surface area (Å²) in [5.41, 5.74) is 1.13. The molecular formula is C13H21N3S. The summed E-state index contributed by atoms with van der Waals surface area (Å²) in [7, 11) is 4.02. The average Bonchev–Trinajstić information content (AvgIpc) is 2.33. The van der Waals surface area contributed by atoms with Gasteiger partial charge in [-0.05, 0) is 30.7 Å². The average molecular weight is 251 g/mol. The van der Waals surface area contributed by atoms with Crippen LogP contribution in [-0.2, 0) is 0 Å². The molecule has 0 bridgehead atoms. The maximum Gasteiger partial charge on any atom is 0.128 e. The van der Waals surface area contributed by atoms with E-state index in [1.54, 1.807) is 0 Å². The standard InChI is InChI=1S/C13H21N3S/c1-10-12(5-4-8-17-10)15-11-6-7-13(14-9-11)16(2)3/h6-7,9-10,12,15H,4-5,8H2,1-3H3. The first-order valence-corrected chi connectivity index (χ1v) is 7.23. The molecule has 2 rings (SSSR count). The molecule has 1 aromatic rings. The highest BCUT2D eigenvalue weighted by Crippen LogP contribution is 2.27. The van der Waals surface area contributed by atoms with Crippen LogP contribution < -0.4 is 10.2 Å². The Morgan fingerprint density at radius 3 is 2.82 bits per heavy atom. The molecule has 1 aliphatic heterocycles. The molecule has 1 N–H and O–H groups in total. The van der Waals surface area contributed by atoms with E-state index < -0.39 is 0 Å². The minimum absolute atomic E-state index is 0.584. The van der Waals surface area contributed by atoms with Crippen LogP contribution in [0, 0.1) is 0 Å². The molecule has 94 valence electrons. The summed E-state index contributed by atoms with van der Waals surface area (Å²) in [6, 6.07) is 4.76. The van der Waals surface area contributed by atoms with Crippen molar-refractivity contribution in [3.05, 3.63) is 18.3 Å². The summed E-state index contributed by atoms with van der Waals surface area (Å²) in [5, 5.41) is 4.29. The lowest BCUT2D eigenvalue weighted by Crippen LogP contribution is -2.32. The third-order valence-corrected chi connectivity index (χ3v) is 4.54. The summed E-state index contributed by atoms with van der Waals surface area (Å²) in [5.74, 6) is 2.30. The van der Waals surface area contributed by atoms with Gasteiger partial charge in [0.25, 0.3) is 0 Å². The topological polar surface area (TPSA) is 28.2 Å². The highest BCUT2D eigenvalue weighted by Gasteiger charge is 2.21. The van der Waals surface area contributed by atoms with Crippen molar-refractivity contribution in [2.45, 2.75) is 31.1 Å². The Labute approximate surface area is 108 Å². The molecule has 0 spiro atoms. The number of rotatable bonds is 3. The van der Waals surface area contributed by atoms with Crippen LogP contribution in [0.15, 0.2) is 18.3 Å². The van der Waals surface area contributed by atoms with Gasteiger partial charge >= 0.3 is 0 Å². The van der Waals surface area contributed by atoms with Gasteiger partial charge in [-0.15, -0.1) is 0 Å². The molecule has 3 nitrogen and oxygen atoms in total. The predicted molar refractivity (Wildman–Crippen MR) is 77.1 cm³/mol. The molecule has 0 saturated carbocycles. The molecule has 0 radical (unpaired) electrons. The van der Waals surface area contributed by atoms with Gasteiger partial charge in [-0.2, -0.15) is 11.8 Å². The lowest BCUT2D eigenvalue weighted by atomic mass is 10.1. The van der Waals surface area contributed by atoms with Crippen LogP contribution >= 0.6 is 11.8 Å². The third-order valence-electron chi connectivity index (χ3n) is 3.16. The van der Waals surface area contributed by atoms with Crippen molar-refractivity contribution in [3.8, 4) is 0 Å². The van der Waals surface area contributed by atoms with Gasteiger partial charge in [-0.1, -0.05) is 6.92 Å². The highest BCUT2D eigenvalue weighted by atomic mass is 32.2. The molecule has 4 heteroatoms. The second-order valence-electron chi connectivity index (χ2n) is 4.77. The van der Waals surface area contributed by atoms with E-state index in [1.165, 1.54) is 18.6 Å². The van der Waals surface area contributed by atoms with Crippen LogP contribution in [0.3, 0.4) is 0 Å². The van der Waals surface area contributed by atoms with Crippen molar-refractivity contribution in [1.29, 1.82) is 0 Å². The van der Waals surface area contributed by atoms with Crippen LogP contribution in [0.2, 0.25) is 0 Å². The summed E-state index contributed by atoms with van der Waals surface area (Å²) in [4.78, 5) is 6.44. The number of thioether (sulfide) groups is 1. The molecule has 0 amide bonds. The van der Waals surface area contributed by atoms with E-state index in [-0.39, 0.29) is 0 Å². The Hall–Kier alpha value is -0.900. The summed E-state index contributed by atoms with van der Waals surface area (Å²) in [6.07, 6.45) is 4.51. The molecule has 0 aromatic carbocycles. The van der Waals surface area contributed by atoms with Crippen LogP contribution in [0.4, 0.5) is 11.5 Å². The zero-order valence-electron chi connectivity index (χ0n) is 10.8. The van der Waals surface area contributed by atoms with Crippen molar-refractivity contribution >= 4 is 23.3 Å². The number of aromatic nitrogens is 1. The fourth-order valence-corrected chi connectivity index (χ4v) is 3.20. The van der Waals surface area contributed by atoms with E-state index in [0.29, 0.717) is 11.3 Å². The highest BCUT2D eigenvalue weighted by molar-refractivity contribution is 8.00. The SMILES string of the molecule is CC1SCCCC1Nc1ccc(N(C)C)nc1. The maximum absolute atomic E-state index is 4.43.